The first-order valence-electron chi connectivity index (χ1n) is 24.5. The highest BCUT2D eigenvalue weighted by Crippen LogP contribution is 2.49. The molecule has 4 aliphatic rings. The molecule has 6 rings (SSSR count). The molecule has 374 valence electrons. The topological polar surface area (TPSA) is 161 Å². The fourth-order valence-corrected chi connectivity index (χ4v) is 12.8. The zero-order valence-electron chi connectivity index (χ0n) is 42.0. The second kappa shape index (κ2) is 22.5. The lowest BCUT2D eigenvalue weighted by Gasteiger charge is -2.46. The molecule has 0 bridgehead atoms. The molecular weight excluding hydrogens is 877 g/mol. The summed E-state index contributed by atoms with van der Waals surface area (Å²) in [4.78, 5) is 50.3. The first-order chi connectivity index (χ1) is 31.8. The molecule has 3 aliphatic heterocycles. The van der Waals surface area contributed by atoms with Crippen molar-refractivity contribution in [1.29, 1.82) is 0 Å². The summed E-state index contributed by atoms with van der Waals surface area (Å²) in [5.41, 5.74) is -1.04. The zero-order valence-corrected chi connectivity index (χ0v) is 42.8. The molecule has 3 saturated heterocycles. The lowest BCUT2D eigenvalue weighted by atomic mass is 9.70. The Morgan fingerprint density at radius 2 is 1.58 bits per heavy atom. The molecule has 1 N–H and O–H groups in total. The van der Waals surface area contributed by atoms with Crippen molar-refractivity contribution in [2.75, 3.05) is 38.5 Å². The van der Waals surface area contributed by atoms with E-state index in [4.69, 9.17) is 37.9 Å². The lowest BCUT2D eigenvalue weighted by Crippen LogP contribution is -2.57. The smallest absolute Gasteiger partial charge is 0.320 e. The van der Waals surface area contributed by atoms with Crippen LogP contribution in [0.4, 0.5) is 5.69 Å². The number of pyridine rings is 1. The first kappa shape index (κ1) is 52.9. The number of aromatic nitrogens is 1. The summed E-state index contributed by atoms with van der Waals surface area (Å²) in [5, 5.41) is 10.2. The van der Waals surface area contributed by atoms with Gasteiger partial charge in [-0.05, 0) is 115 Å². The summed E-state index contributed by atoms with van der Waals surface area (Å²) in [5.74, 6) is -1.83. The normalized spacial score (nSPS) is 36.7. The minimum absolute atomic E-state index is 0.00944. The zero-order chi connectivity index (χ0) is 48.8. The minimum atomic E-state index is -1.33. The number of fused-ring (bicyclic) bond motifs is 1. The van der Waals surface area contributed by atoms with E-state index in [-0.39, 0.29) is 24.2 Å². The number of benzene rings is 1. The van der Waals surface area contributed by atoms with E-state index >= 15 is 0 Å². The van der Waals surface area contributed by atoms with Gasteiger partial charge >= 0.3 is 11.9 Å². The summed E-state index contributed by atoms with van der Waals surface area (Å²) < 4.78 is 50.1. The second-order valence-electron chi connectivity index (χ2n) is 20.3. The highest BCUT2D eigenvalue weighted by atomic mass is 32.2. The van der Waals surface area contributed by atoms with E-state index in [0.29, 0.717) is 49.6 Å². The standard InChI is InChI=1S/C52H78N2O12S/c1-13-41-52(9)43(46(49(58)66-52)67-25-24-54(30-36-20-22-53-23-21-36)37-18-19-39(59-10)40(26-37)63-38-16-14-15-17-38)33(4)44(55)31(2)27-50(7,60-11)28-32(3)45(34(5)48(57)64-41)65-42-29-51(8,61-12)47(56)35(6)62-42/h18-23,26,31-35,38,41-43,45-47,56H,13-17,24-25,27-30H2,1-12H3/t31-,32-,33?,34?,35?,41-,42?,43?,45+,46?,47+,50?,51?,52-/m1/s1. The van der Waals surface area contributed by atoms with Gasteiger partial charge in [-0.3, -0.25) is 19.4 Å². The molecule has 1 saturated carbocycles. The number of aliphatic hydroxyl groups excluding tert-OH is 1. The SMILES string of the molecule is CC[C@H]1OC(=O)C(C)[C@@H](OC2CC(C)(OC)[C@@H](O)C(C)O2)[C@H](C)CC(C)(OC)C[C@@H](C)C(=O)C(C)C2C(SCCN(Cc3ccncc3)c3ccc(OC)c(OC4CCCC4)c3)C(=O)O[C@@]21C. The average molecular weight is 955 g/mol. The van der Waals surface area contributed by atoms with E-state index in [1.165, 1.54) is 11.8 Å². The molecule has 0 spiro atoms. The van der Waals surface area contributed by atoms with Gasteiger partial charge in [-0.2, -0.15) is 0 Å². The minimum Gasteiger partial charge on any atom is -0.493 e. The van der Waals surface area contributed by atoms with E-state index < -0.39 is 88.4 Å². The van der Waals surface area contributed by atoms with Gasteiger partial charge in [0.25, 0.3) is 0 Å². The van der Waals surface area contributed by atoms with Gasteiger partial charge in [0.05, 0.1) is 42.5 Å². The molecule has 67 heavy (non-hydrogen) atoms. The number of Topliss-reactive ketones (excluding diaryl/α,β-unsaturated/α-hetero) is 1. The Bertz CT molecular complexity index is 1970. The molecule has 4 fully saturated rings. The highest BCUT2D eigenvalue weighted by molar-refractivity contribution is 8.00. The molecule has 4 heterocycles. The number of esters is 2. The van der Waals surface area contributed by atoms with Crippen LogP contribution in [0.25, 0.3) is 0 Å². The maximum absolute atomic E-state index is 14.9. The molecule has 1 aromatic heterocycles. The third kappa shape index (κ3) is 11.9. The Morgan fingerprint density at radius 3 is 2.22 bits per heavy atom. The van der Waals surface area contributed by atoms with Gasteiger partial charge in [-0.1, -0.05) is 27.7 Å². The molecule has 0 radical (unpaired) electrons. The van der Waals surface area contributed by atoms with Crippen LogP contribution in [0.2, 0.25) is 0 Å². The number of carbonyl (C=O) groups is 3. The lowest BCUT2D eigenvalue weighted by molar-refractivity contribution is -0.296. The number of hydrogen-bond donors (Lipinski definition) is 1. The van der Waals surface area contributed by atoms with E-state index in [1.54, 1.807) is 47.6 Å². The summed E-state index contributed by atoms with van der Waals surface area (Å²) in [6.45, 7) is 18.1. The number of nitrogens with zero attached hydrogens (tertiary/aromatic N) is 2. The van der Waals surface area contributed by atoms with Gasteiger partial charge in [0, 0.05) is 81.4 Å². The van der Waals surface area contributed by atoms with Gasteiger partial charge in [0.2, 0.25) is 0 Å². The van der Waals surface area contributed by atoms with Crippen LogP contribution in [0.5, 0.6) is 11.5 Å². The monoisotopic (exact) mass is 955 g/mol. The van der Waals surface area contributed by atoms with Crippen LogP contribution in [0.15, 0.2) is 42.7 Å². The summed E-state index contributed by atoms with van der Waals surface area (Å²) >= 11 is 1.48. The van der Waals surface area contributed by atoms with Crippen molar-refractivity contribution in [2.24, 2.45) is 29.6 Å². The van der Waals surface area contributed by atoms with Gasteiger partial charge in [0.1, 0.15) is 23.2 Å². The molecular formula is C52H78N2O12S. The third-order valence-corrected chi connectivity index (χ3v) is 16.6. The largest absolute Gasteiger partial charge is 0.493 e. The predicted molar refractivity (Wildman–Crippen MR) is 257 cm³/mol. The maximum atomic E-state index is 14.9. The number of thioether (sulfide) groups is 1. The Kier molecular flexibility index (Phi) is 17.8. The number of rotatable bonds is 15. The van der Waals surface area contributed by atoms with Crippen LogP contribution in [0.1, 0.15) is 119 Å². The van der Waals surface area contributed by atoms with Gasteiger partial charge in [-0.25, -0.2) is 0 Å². The fourth-order valence-electron chi connectivity index (χ4n) is 11.4. The summed E-state index contributed by atoms with van der Waals surface area (Å²) in [6.07, 6.45) is 5.58. The van der Waals surface area contributed by atoms with Crippen LogP contribution < -0.4 is 14.4 Å². The van der Waals surface area contributed by atoms with E-state index in [0.717, 1.165) is 36.9 Å². The molecule has 8 unspecified atom stereocenters. The number of aliphatic hydroxyl groups is 1. The van der Waals surface area contributed by atoms with Crippen molar-refractivity contribution in [3.05, 3.63) is 48.3 Å². The second-order valence-corrected chi connectivity index (χ2v) is 21.6. The number of ether oxygens (including phenoxy) is 8. The quantitative estimate of drug-likeness (QED) is 0.169. The maximum Gasteiger partial charge on any atom is 0.320 e. The number of hydrogen-bond acceptors (Lipinski definition) is 15. The number of methoxy groups -OCH3 is 3. The first-order valence-corrected chi connectivity index (χ1v) is 25.5. The van der Waals surface area contributed by atoms with E-state index in [9.17, 15) is 19.5 Å². The molecule has 15 heteroatoms. The molecule has 0 amide bonds. The van der Waals surface area contributed by atoms with Crippen LogP contribution in [-0.4, -0.2) is 120 Å². The average Bonchev–Trinajstić information content (AvgIpc) is 3.92. The number of cyclic esters (lactones) is 1. The van der Waals surface area contributed by atoms with Crippen LogP contribution in [0, 0.1) is 29.6 Å². The van der Waals surface area contributed by atoms with Gasteiger partial charge in [-0.15, -0.1) is 11.8 Å². The predicted octanol–water partition coefficient (Wildman–Crippen LogP) is 8.37. The Labute approximate surface area is 403 Å². The molecule has 14 nitrogen and oxygen atoms in total. The van der Waals surface area contributed by atoms with Crippen LogP contribution in [-0.2, 0) is 49.3 Å². The molecule has 1 aliphatic carbocycles. The molecule has 14 atom stereocenters. The van der Waals surface area contributed by atoms with Crippen molar-refractivity contribution in [3.8, 4) is 11.5 Å². The fraction of sp³-hybridized carbons (Fsp3) is 0.731. The van der Waals surface area contributed by atoms with Crippen molar-refractivity contribution < 1.29 is 57.4 Å². The third-order valence-electron chi connectivity index (χ3n) is 15.4. The Morgan fingerprint density at radius 1 is 0.881 bits per heavy atom. The Balaban J connectivity index is 1.30. The van der Waals surface area contributed by atoms with Crippen molar-refractivity contribution in [2.45, 2.75) is 179 Å². The van der Waals surface area contributed by atoms with Crippen LogP contribution >= 0.6 is 11.8 Å². The van der Waals surface area contributed by atoms with E-state index in [1.807, 2.05) is 78.8 Å². The van der Waals surface area contributed by atoms with Crippen LogP contribution in [0.3, 0.4) is 0 Å². The van der Waals surface area contributed by atoms with E-state index in [2.05, 4.69) is 9.88 Å². The Hall–Kier alpha value is -3.47. The van der Waals surface area contributed by atoms with Crippen molar-refractivity contribution >= 4 is 35.2 Å². The number of ketones is 1. The highest BCUT2D eigenvalue weighted by Gasteiger charge is 2.61. The molecule has 2 aromatic rings. The number of carbonyl (C=O) groups excluding carboxylic acids is 3. The molecule has 1 aromatic carbocycles. The summed E-state index contributed by atoms with van der Waals surface area (Å²) in [6, 6.07) is 10.00. The summed E-state index contributed by atoms with van der Waals surface area (Å²) in [7, 11) is 4.85. The van der Waals surface area contributed by atoms with Crippen molar-refractivity contribution in [1.82, 2.24) is 4.98 Å². The number of anilines is 1. The van der Waals surface area contributed by atoms with Gasteiger partial charge < -0.3 is 47.9 Å². The van der Waals surface area contributed by atoms with Crippen molar-refractivity contribution in [3.63, 3.8) is 0 Å². The van der Waals surface area contributed by atoms with Gasteiger partial charge in [0.15, 0.2) is 23.4 Å².